The second kappa shape index (κ2) is 5.86. The molecule has 0 aliphatic heterocycles. The summed E-state index contributed by atoms with van der Waals surface area (Å²) in [5.41, 5.74) is 3.34. The Morgan fingerprint density at radius 1 is 1.17 bits per heavy atom. The van der Waals surface area contributed by atoms with E-state index in [4.69, 9.17) is 0 Å². The third-order valence-electron chi connectivity index (χ3n) is 3.53. The van der Waals surface area contributed by atoms with Crippen LogP contribution in [0.25, 0.3) is 15.5 Å². The van der Waals surface area contributed by atoms with E-state index in [1.54, 1.807) is 16.9 Å². The van der Waals surface area contributed by atoms with E-state index in [-0.39, 0.29) is 5.91 Å². The molecule has 2 aromatic heterocycles. The molecule has 6 nitrogen and oxygen atoms in total. The number of rotatable bonds is 3. The minimum atomic E-state index is -0.131. The number of hydrogen-bond acceptors (Lipinski definition) is 5. The standard InChI is InChI=1S/C17H13N5OS/c1-11-4-2-5-12(8-11)15(23)19-14-7-3-6-13(9-14)16-21-22-10-18-20-17(22)24-16/h2-10H,1H3,(H,19,23). The van der Waals surface area contributed by atoms with Crippen molar-refractivity contribution in [3.05, 3.63) is 66.0 Å². The lowest BCUT2D eigenvalue weighted by atomic mass is 10.1. The predicted octanol–water partition coefficient (Wildman–Crippen LogP) is 3.41. The molecule has 24 heavy (non-hydrogen) atoms. The molecule has 2 aromatic carbocycles. The Balaban J connectivity index is 1.60. The topological polar surface area (TPSA) is 72.2 Å². The van der Waals surface area contributed by atoms with Crippen LogP contribution in [0.4, 0.5) is 5.69 Å². The first kappa shape index (κ1) is 14.5. The molecule has 0 saturated carbocycles. The highest BCUT2D eigenvalue weighted by atomic mass is 32.1. The molecule has 7 heteroatoms. The van der Waals surface area contributed by atoms with Gasteiger partial charge in [-0.3, -0.25) is 4.79 Å². The average molecular weight is 335 g/mol. The molecular formula is C17H13N5OS. The SMILES string of the molecule is Cc1cccc(C(=O)Nc2cccc(-c3nn4cnnc4s3)c2)c1. The highest BCUT2D eigenvalue weighted by Gasteiger charge is 2.10. The van der Waals surface area contributed by atoms with Gasteiger partial charge in [0.2, 0.25) is 4.96 Å². The molecule has 118 valence electrons. The largest absolute Gasteiger partial charge is 0.322 e. The van der Waals surface area contributed by atoms with Crippen LogP contribution in [0.15, 0.2) is 54.9 Å². The molecule has 0 spiro atoms. The van der Waals surface area contributed by atoms with Crippen molar-refractivity contribution in [2.24, 2.45) is 0 Å². The molecule has 0 aliphatic carbocycles. The zero-order chi connectivity index (χ0) is 16.5. The number of anilines is 1. The first-order chi connectivity index (χ1) is 11.7. The minimum absolute atomic E-state index is 0.131. The Morgan fingerprint density at radius 2 is 2.04 bits per heavy atom. The molecular weight excluding hydrogens is 322 g/mol. The fourth-order valence-electron chi connectivity index (χ4n) is 2.40. The van der Waals surface area contributed by atoms with E-state index >= 15 is 0 Å². The summed E-state index contributed by atoms with van der Waals surface area (Å²) in [6.45, 7) is 1.96. The van der Waals surface area contributed by atoms with E-state index in [0.29, 0.717) is 5.56 Å². The lowest BCUT2D eigenvalue weighted by molar-refractivity contribution is 0.102. The highest BCUT2D eigenvalue weighted by Crippen LogP contribution is 2.26. The number of carbonyl (C=O) groups excluding carboxylic acids is 1. The van der Waals surface area contributed by atoms with Gasteiger partial charge in [-0.15, -0.1) is 10.2 Å². The number of fused-ring (bicyclic) bond motifs is 1. The maximum atomic E-state index is 12.4. The normalized spacial score (nSPS) is 10.9. The van der Waals surface area contributed by atoms with Crippen LogP contribution in [0.2, 0.25) is 0 Å². The molecule has 4 rings (SSSR count). The highest BCUT2D eigenvalue weighted by molar-refractivity contribution is 7.19. The minimum Gasteiger partial charge on any atom is -0.322 e. The smallest absolute Gasteiger partial charge is 0.255 e. The van der Waals surface area contributed by atoms with Gasteiger partial charge in [0.15, 0.2) is 0 Å². The van der Waals surface area contributed by atoms with Gasteiger partial charge in [0.25, 0.3) is 5.91 Å². The van der Waals surface area contributed by atoms with Crippen molar-refractivity contribution in [3.63, 3.8) is 0 Å². The second-order valence-electron chi connectivity index (χ2n) is 5.37. The van der Waals surface area contributed by atoms with E-state index in [1.165, 1.54) is 11.3 Å². The number of nitrogens with zero attached hydrogens (tertiary/aromatic N) is 4. The molecule has 0 bridgehead atoms. The van der Waals surface area contributed by atoms with Gasteiger partial charge in [0.05, 0.1) is 0 Å². The van der Waals surface area contributed by atoms with Crippen molar-refractivity contribution in [3.8, 4) is 10.6 Å². The van der Waals surface area contributed by atoms with Gasteiger partial charge in [-0.25, -0.2) is 0 Å². The van der Waals surface area contributed by atoms with Gasteiger partial charge in [-0.1, -0.05) is 41.2 Å². The summed E-state index contributed by atoms with van der Waals surface area (Å²) in [6, 6.07) is 15.1. The van der Waals surface area contributed by atoms with Crippen LogP contribution in [0.3, 0.4) is 0 Å². The number of aromatic nitrogens is 4. The molecule has 0 saturated heterocycles. The van der Waals surface area contributed by atoms with E-state index < -0.39 is 0 Å². The molecule has 1 amide bonds. The Morgan fingerprint density at radius 3 is 2.88 bits per heavy atom. The molecule has 0 fully saturated rings. The Hall–Kier alpha value is -3.06. The van der Waals surface area contributed by atoms with Crippen LogP contribution in [-0.2, 0) is 0 Å². The van der Waals surface area contributed by atoms with Crippen molar-refractivity contribution in [1.82, 2.24) is 19.8 Å². The summed E-state index contributed by atoms with van der Waals surface area (Å²) in [7, 11) is 0. The van der Waals surface area contributed by atoms with Crippen LogP contribution in [0, 0.1) is 6.92 Å². The maximum Gasteiger partial charge on any atom is 0.255 e. The average Bonchev–Trinajstić information content (AvgIpc) is 3.17. The van der Waals surface area contributed by atoms with Gasteiger partial charge in [0, 0.05) is 16.8 Å². The van der Waals surface area contributed by atoms with E-state index in [2.05, 4.69) is 20.6 Å². The monoisotopic (exact) mass is 335 g/mol. The lowest BCUT2D eigenvalue weighted by Crippen LogP contribution is -2.11. The first-order valence-electron chi connectivity index (χ1n) is 7.34. The summed E-state index contributed by atoms with van der Waals surface area (Å²) in [5.74, 6) is -0.131. The number of amides is 1. The quantitative estimate of drug-likeness (QED) is 0.623. The number of nitrogens with one attached hydrogen (secondary N) is 1. The predicted molar refractivity (Wildman–Crippen MR) is 93.2 cm³/mol. The molecule has 2 heterocycles. The van der Waals surface area contributed by atoms with Crippen molar-refractivity contribution in [1.29, 1.82) is 0 Å². The molecule has 0 aliphatic rings. The first-order valence-corrected chi connectivity index (χ1v) is 8.16. The third-order valence-corrected chi connectivity index (χ3v) is 4.50. The van der Waals surface area contributed by atoms with Crippen molar-refractivity contribution in [2.75, 3.05) is 5.32 Å². The van der Waals surface area contributed by atoms with E-state index in [0.717, 1.165) is 26.8 Å². The Bertz CT molecular complexity index is 1010. The van der Waals surface area contributed by atoms with Gasteiger partial charge in [-0.2, -0.15) is 9.61 Å². The van der Waals surface area contributed by atoms with Crippen LogP contribution in [0.5, 0.6) is 0 Å². The number of aryl methyl sites for hydroxylation is 1. The van der Waals surface area contributed by atoms with Crippen molar-refractivity contribution < 1.29 is 4.79 Å². The second-order valence-corrected chi connectivity index (χ2v) is 6.33. The number of hydrogen-bond donors (Lipinski definition) is 1. The number of carbonyl (C=O) groups is 1. The summed E-state index contributed by atoms with van der Waals surface area (Å²) in [5, 5.41) is 16.0. The van der Waals surface area contributed by atoms with E-state index in [1.807, 2.05) is 49.4 Å². The van der Waals surface area contributed by atoms with Crippen molar-refractivity contribution >= 4 is 27.9 Å². The summed E-state index contributed by atoms with van der Waals surface area (Å²) < 4.78 is 1.64. The lowest BCUT2D eigenvalue weighted by Gasteiger charge is -2.07. The molecule has 0 radical (unpaired) electrons. The van der Waals surface area contributed by atoms with Crippen LogP contribution in [0.1, 0.15) is 15.9 Å². The van der Waals surface area contributed by atoms with Crippen LogP contribution in [-0.4, -0.2) is 25.7 Å². The maximum absolute atomic E-state index is 12.4. The van der Waals surface area contributed by atoms with Crippen LogP contribution < -0.4 is 5.32 Å². The molecule has 1 N–H and O–H groups in total. The summed E-state index contributed by atoms with van der Waals surface area (Å²) >= 11 is 1.45. The zero-order valence-electron chi connectivity index (χ0n) is 12.8. The zero-order valence-corrected chi connectivity index (χ0v) is 13.6. The molecule has 0 atom stereocenters. The van der Waals surface area contributed by atoms with E-state index in [9.17, 15) is 4.79 Å². The summed E-state index contributed by atoms with van der Waals surface area (Å²) in [4.78, 5) is 13.1. The van der Waals surface area contributed by atoms with Crippen molar-refractivity contribution in [2.45, 2.75) is 6.92 Å². The molecule has 0 unspecified atom stereocenters. The Labute approximate surface area is 141 Å². The number of benzene rings is 2. The van der Waals surface area contributed by atoms with Gasteiger partial charge in [0.1, 0.15) is 11.3 Å². The Kier molecular flexibility index (Phi) is 3.55. The summed E-state index contributed by atoms with van der Waals surface area (Å²) in [6.07, 6.45) is 1.57. The van der Waals surface area contributed by atoms with Crippen LogP contribution >= 0.6 is 11.3 Å². The van der Waals surface area contributed by atoms with Gasteiger partial charge >= 0.3 is 0 Å². The van der Waals surface area contributed by atoms with Gasteiger partial charge in [-0.05, 0) is 31.2 Å². The fourth-order valence-corrected chi connectivity index (χ4v) is 3.21. The fraction of sp³-hybridized carbons (Fsp3) is 0.0588. The third kappa shape index (κ3) is 2.77. The molecule has 4 aromatic rings. The van der Waals surface area contributed by atoms with Gasteiger partial charge < -0.3 is 5.32 Å².